The number of thiocarbonyl (C=S) groups is 1. The average molecular weight is 460 g/mol. The minimum atomic E-state index is -0.654. The van der Waals surface area contributed by atoms with E-state index in [-0.39, 0.29) is 30.2 Å². The molecule has 0 saturated carbocycles. The van der Waals surface area contributed by atoms with Crippen LogP contribution in [-0.2, 0) is 9.59 Å². The highest BCUT2D eigenvalue weighted by Gasteiger charge is 2.32. The van der Waals surface area contributed by atoms with Crippen LogP contribution in [0.5, 0.6) is 11.5 Å². The first-order valence-electron chi connectivity index (χ1n) is 8.96. The molecule has 1 aliphatic heterocycles. The third kappa shape index (κ3) is 5.19. The van der Waals surface area contributed by atoms with E-state index in [2.05, 4.69) is 5.32 Å². The first kappa shape index (κ1) is 22.2. The van der Waals surface area contributed by atoms with Gasteiger partial charge in [0.2, 0.25) is 5.91 Å². The van der Waals surface area contributed by atoms with Crippen LogP contribution >= 0.6 is 24.0 Å². The highest BCUT2D eigenvalue weighted by Crippen LogP contribution is 2.34. The summed E-state index contributed by atoms with van der Waals surface area (Å²) in [5, 5.41) is 23.0. The molecule has 11 heteroatoms. The van der Waals surface area contributed by atoms with Gasteiger partial charge in [0.1, 0.15) is 15.8 Å². The number of amides is 2. The molecule has 0 bridgehead atoms. The third-order valence-corrected chi connectivity index (χ3v) is 5.71. The number of para-hydroxylation sites is 1. The predicted molar refractivity (Wildman–Crippen MR) is 121 cm³/mol. The molecule has 31 heavy (non-hydrogen) atoms. The van der Waals surface area contributed by atoms with Crippen LogP contribution in [0.3, 0.4) is 0 Å². The Bertz CT molecular complexity index is 1100. The number of nitrogens with zero attached hydrogens (tertiary/aromatic N) is 2. The molecule has 1 fully saturated rings. The van der Waals surface area contributed by atoms with Crippen molar-refractivity contribution < 1.29 is 24.4 Å². The van der Waals surface area contributed by atoms with Crippen LogP contribution in [0, 0.1) is 10.1 Å². The number of phenols is 1. The Hall–Kier alpha value is -3.44. The zero-order valence-electron chi connectivity index (χ0n) is 16.2. The van der Waals surface area contributed by atoms with Crippen LogP contribution in [0.4, 0.5) is 11.4 Å². The number of anilines is 1. The summed E-state index contributed by atoms with van der Waals surface area (Å²) in [6, 6.07) is 10.6. The number of nitrogens with one attached hydrogen (secondary N) is 1. The summed E-state index contributed by atoms with van der Waals surface area (Å²) in [4.78, 5) is 36.8. The first-order chi connectivity index (χ1) is 14.8. The van der Waals surface area contributed by atoms with Crippen molar-refractivity contribution in [2.45, 2.75) is 6.42 Å². The number of thioether (sulfide) groups is 1. The number of aromatic hydroxyl groups is 1. The molecule has 1 heterocycles. The van der Waals surface area contributed by atoms with Crippen molar-refractivity contribution in [3.63, 3.8) is 0 Å². The van der Waals surface area contributed by atoms with Gasteiger partial charge in [-0.25, -0.2) is 0 Å². The average Bonchev–Trinajstić information content (AvgIpc) is 3.00. The second-order valence-electron chi connectivity index (χ2n) is 6.33. The Morgan fingerprint density at radius 3 is 2.77 bits per heavy atom. The van der Waals surface area contributed by atoms with E-state index in [1.54, 1.807) is 19.3 Å². The van der Waals surface area contributed by atoms with Crippen molar-refractivity contribution in [2.24, 2.45) is 0 Å². The maximum Gasteiger partial charge on any atom is 0.273 e. The highest BCUT2D eigenvalue weighted by molar-refractivity contribution is 8.26. The maximum atomic E-state index is 12.7. The molecule has 0 spiro atoms. The summed E-state index contributed by atoms with van der Waals surface area (Å²) >= 11 is 6.41. The lowest BCUT2D eigenvalue weighted by atomic mass is 10.2. The fraction of sp³-hybridized carbons (Fsp3) is 0.150. The van der Waals surface area contributed by atoms with Gasteiger partial charge in [-0.3, -0.25) is 24.6 Å². The molecule has 3 rings (SSSR count). The number of hydrogen-bond donors (Lipinski definition) is 2. The van der Waals surface area contributed by atoms with Crippen molar-refractivity contribution in [3.05, 3.63) is 63.0 Å². The molecule has 9 nitrogen and oxygen atoms in total. The quantitative estimate of drug-likeness (QED) is 0.212. The Morgan fingerprint density at radius 1 is 1.35 bits per heavy atom. The molecule has 0 aromatic heterocycles. The van der Waals surface area contributed by atoms with E-state index in [1.807, 2.05) is 18.2 Å². The number of phenolic OH excluding ortho intramolecular Hbond substituents is 1. The predicted octanol–water partition coefficient (Wildman–Crippen LogP) is 3.54. The second-order valence-corrected chi connectivity index (χ2v) is 8.01. The number of carbonyl (C=O) groups is 2. The van der Waals surface area contributed by atoms with Crippen LogP contribution in [0.15, 0.2) is 47.4 Å². The summed E-state index contributed by atoms with van der Waals surface area (Å²) in [5.41, 5.74) is 0.476. The molecule has 2 amide bonds. The number of rotatable bonds is 7. The van der Waals surface area contributed by atoms with E-state index in [9.17, 15) is 24.8 Å². The SMILES string of the molecule is COc1ccccc1C=C1SC(=S)N(CCC(=O)Nc2ccc([N+](=O)[O-])cc2O)C1=O. The number of carbonyl (C=O) groups excluding carboxylic acids is 2. The van der Waals surface area contributed by atoms with Crippen LogP contribution < -0.4 is 10.1 Å². The minimum absolute atomic E-state index is 0.0389. The van der Waals surface area contributed by atoms with Crippen LogP contribution in [-0.4, -0.2) is 44.7 Å². The fourth-order valence-electron chi connectivity index (χ4n) is 2.79. The van der Waals surface area contributed by atoms with E-state index in [1.165, 1.54) is 17.0 Å². The van der Waals surface area contributed by atoms with Gasteiger partial charge in [0, 0.05) is 24.6 Å². The summed E-state index contributed by atoms with van der Waals surface area (Å²) in [6.07, 6.45) is 1.61. The Kier molecular flexibility index (Phi) is 6.88. The molecule has 1 saturated heterocycles. The molecule has 1 aliphatic rings. The molecular weight excluding hydrogens is 442 g/mol. The molecule has 0 unspecified atom stereocenters. The van der Waals surface area contributed by atoms with Gasteiger partial charge in [-0.05, 0) is 18.2 Å². The lowest BCUT2D eigenvalue weighted by Gasteiger charge is -2.14. The van der Waals surface area contributed by atoms with E-state index in [0.29, 0.717) is 15.0 Å². The van der Waals surface area contributed by atoms with Gasteiger partial charge >= 0.3 is 0 Å². The largest absolute Gasteiger partial charge is 0.506 e. The number of methoxy groups -OCH3 is 1. The zero-order chi connectivity index (χ0) is 22.5. The first-order valence-corrected chi connectivity index (χ1v) is 10.2. The van der Waals surface area contributed by atoms with Crippen molar-refractivity contribution in [1.29, 1.82) is 0 Å². The lowest BCUT2D eigenvalue weighted by Crippen LogP contribution is -2.31. The highest BCUT2D eigenvalue weighted by atomic mass is 32.2. The number of nitro groups is 1. The molecule has 0 atom stereocenters. The van der Waals surface area contributed by atoms with Crippen molar-refractivity contribution >= 4 is 57.6 Å². The molecule has 2 aromatic carbocycles. The molecular formula is C20H17N3O6S2. The van der Waals surface area contributed by atoms with Crippen molar-refractivity contribution in [2.75, 3.05) is 19.0 Å². The molecule has 2 aromatic rings. The topological polar surface area (TPSA) is 122 Å². The summed E-state index contributed by atoms with van der Waals surface area (Å²) in [7, 11) is 1.54. The van der Waals surface area contributed by atoms with Crippen molar-refractivity contribution in [1.82, 2.24) is 4.90 Å². The molecule has 160 valence electrons. The second kappa shape index (κ2) is 9.58. The number of ether oxygens (including phenoxy) is 1. The van der Waals surface area contributed by atoms with Crippen LogP contribution in [0.2, 0.25) is 0 Å². The van der Waals surface area contributed by atoms with E-state index < -0.39 is 16.6 Å². The lowest BCUT2D eigenvalue weighted by molar-refractivity contribution is -0.384. The van der Waals surface area contributed by atoms with Gasteiger partial charge in [0.15, 0.2) is 0 Å². The molecule has 2 N–H and O–H groups in total. The van der Waals surface area contributed by atoms with Gasteiger partial charge in [-0.2, -0.15) is 0 Å². The van der Waals surface area contributed by atoms with Crippen LogP contribution in [0.25, 0.3) is 6.08 Å². The summed E-state index contributed by atoms with van der Waals surface area (Å²) in [5.74, 6) is -0.596. The fourth-order valence-corrected chi connectivity index (χ4v) is 4.08. The Balaban J connectivity index is 1.63. The van der Waals surface area contributed by atoms with E-state index in [0.717, 1.165) is 23.4 Å². The van der Waals surface area contributed by atoms with Gasteiger partial charge < -0.3 is 15.2 Å². The normalized spacial score (nSPS) is 14.7. The number of non-ortho nitro benzene ring substituents is 1. The van der Waals surface area contributed by atoms with Gasteiger partial charge in [0.05, 0.1) is 28.7 Å². The minimum Gasteiger partial charge on any atom is -0.506 e. The monoisotopic (exact) mass is 459 g/mol. The standard InChI is InChI=1S/C20H17N3O6S2/c1-29-16-5-3-2-4-12(16)10-17-19(26)22(20(30)31-17)9-8-18(25)21-14-7-6-13(23(27)28)11-15(14)24/h2-7,10-11,24H,8-9H2,1H3,(H,21,25). The summed E-state index contributed by atoms with van der Waals surface area (Å²) in [6.45, 7) is 0.0491. The smallest absolute Gasteiger partial charge is 0.273 e. The maximum absolute atomic E-state index is 12.7. The van der Waals surface area contributed by atoms with E-state index in [4.69, 9.17) is 17.0 Å². The van der Waals surface area contributed by atoms with Gasteiger partial charge in [-0.15, -0.1) is 0 Å². The third-order valence-electron chi connectivity index (χ3n) is 4.33. The summed E-state index contributed by atoms with van der Waals surface area (Å²) < 4.78 is 5.62. The van der Waals surface area contributed by atoms with Gasteiger partial charge in [0.25, 0.3) is 11.6 Å². The molecule has 0 radical (unpaired) electrons. The number of hydrogen-bond acceptors (Lipinski definition) is 8. The van der Waals surface area contributed by atoms with E-state index >= 15 is 0 Å². The molecule has 0 aliphatic carbocycles. The van der Waals surface area contributed by atoms with Crippen LogP contribution in [0.1, 0.15) is 12.0 Å². The number of nitro benzene ring substituents is 1. The zero-order valence-corrected chi connectivity index (χ0v) is 17.9. The Labute approximate surface area is 186 Å². The van der Waals surface area contributed by atoms with Crippen molar-refractivity contribution in [3.8, 4) is 11.5 Å². The Morgan fingerprint density at radius 2 is 2.10 bits per heavy atom. The van der Waals surface area contributed by atoms with Gasteiger partial charge in [-0.1, -0.05) is 42.2 Å². The number of benzene rings is 2.